The van der Waals surface area contributed by atoms with Gasteiger partial charge in [-0.2, -0.15) is 5.10 Å². The maximum atomic E-state index is 13.2. The highest BCUT2D eigenvalue weighted by molar-refractivity contribution is 6.42. The summed E-state index contributed by atoms with van der Waals surface area (Å²) >= 11 is 18.4. The first-order chi connectivity index (χ1) is 18.3. The monoisotopic (exact) mass is 569 g/mol. The molecule has 7 nitrogen and oxygen atoms in total. The Labute approximate surface area is 236 Å². The van der Waals surface area contributed by atoms with E-state index in [0.717, 1.165) is 18.4 Å². The zero-order chi connectivity index (χ0) is 27.1. The Morgan fingerprint density at radius 3 is 2.39 bits per heavy atom. The second kappa shape index (κ2) is 12.8. The fourth-order valence-electron chi connectivity index (χ4n) is 3.76. The normalized spacial score (nSPS) is 10.7. The van der Waals surface area contributed by atoms with Crippen LogP contribution in [0.5, 0.6) is 0 Å². The van der Waals surface area contributed by atoms with Gasteiger partial charge in [0.25, 0.3) is 0 Å². The van der Waals surface area contributed by atoms with Gasteiger partial charge < -0.3 is 15.5 Å². The van der Waals surface area contributed by atoms with Gasteiger partial charge in [-0.05, 0) is 42.8 Å². The predicted molar refractivity (Wildman–Crippen MR) is 155 cm³/mol. The molecule has 0 spiro atoms. The average Bonchev–Trinajstić information content (AvgIpc) is 3.32. The first kappa shape index (κ1) is 27.5. The highest BCUT2D eigenvalue weighted by Crippen LogP contribution is 2.29. The summed E-state index contributed by atoms with van der Waals surface area (Å²) < 4.78 is 1.59. The van der Waals surface area contributed by atoms with Crippen molar-refractivity contribution in [1.82, 2.24) is 14.7 Å². The van der Waals surface area contributed by atoms with Gasteiger partial charge in [0.05, 0.1) is 21.4 Å². The SMILES string of the molecule is CCCCN(CC(=O)Nc1cc(-c2ccccc2)nn1-c1ccc(Cl)c(Cl)c1)C(=O)Nc1cccc(Cl)c1. The van der Waals surface area contributed by atoms with Crippen LogP contribution in [0.15, 0.2) is 78.9 Å². The van der Waals surface area contributed by atoms with Crippen molar-refractivity contribution < 1.29 is 9.59 Å². The molecule has 196 valence electrons. The van der Waals surface area contributed by atoms with E-state index in [1.807, 2.05) is 37.3 Å². The molecule has 0 radical (unpaired) electrons. The van der Waals surface area contributed by atoms with Crippen molar-refractivity contribution in [3.8, 4) is 16.9 Å². The van der Waals surface area contributed by atoms with Gasteiger partial charge in [0, 0.05) is 28.9 Å². The lowest BCUT2D eigenvalue weighted by molar-refractivity contribution is -0.116. The molecule has 4 aromatic rings. The Hall–Kier alpha value is -3.52. The molecular formula is C28H26Cl3N5O2. The van der Waals surface area contributed by atoms with Crippen LogP contribution in [0, 0.1) is 0 Å². The highest BCUT2D eigenvalue weighted by Gasteiger charge is 2.20. The van der Waals surface area contributed by atoms with Gasteiger partial charge in [-0.15, -0.1) is 0 Å². The fourth-order valence-corrected chi connectivity index (χ4v) is 4.24. The summed E-state index contributed by atoms with van der Waals surface area (Å²) in [5, 5.41) is 11.7. The topological polar surface area (TPSA) is 79.3 Å². The average molecular weight is 571 g/mol. The van der Waals surface area contributed by atoms with Gasteiger partial charge in [-0.25, -0.2) is 9.48 Å². The number of carbonyl (C=O) groups excluding carboxylic acids is 2. The Balaban J connectivity index is 1.57. The molecule has 0 saturated heterocycles. The fraction of sp³-hybridized carbons (Fsp3) is 0.179. The van der Waals surface area contributed by atoms with Crippen molar-refractivity contribution in [1.29, 1.82) is 0 Å². The maximum Gasteiger partial charge on any atom is 0.322 e. The summed E-state index contributed by atoms with van der Waals surface area (Å²) in [6, 6.07) is 23.0. The number of anilines is 2. The van der Waals surface area contributed by atoms with Crippen LogP contribution in [-0.2, 0) is 4.79 Å². The molecule has 1 aromatic heterocycles. The molecule has 0 unspecified atom stereocenters. The summed E-state index contributed by atoms with van der Waals surface area (Å²) in [5.41, 5.74) is 2.72. The minimum Gasteiger partial charge on any atom is -0.315 e. The molecule has 10 heteroatoms. The van der Waals surface area contributed by atoms with E-state index in [9.17, 15) is 9.59 Å². The van der Waals surface area contributed by atoms with Crippen molar-refractivity contribution >= 4 is 58.2 Å². The van der Waals surface area contributed by atoms with Gasteiger partial charge in [-0.3, -0.25) is 4.79 Å². The van der Waals surface area contributed by atoms with Crippen molar-refractivity contribution in [2.24, 2.45) is 0 Å². The number of rotatable bonds is 9. The summed E-state index contributed by atoms with van der Waals surface area (Å²) in [4.78, 5) is 27.7. The molecule has 1 heterocycles. The van der Waals surface area contributed by atoms with Gasteiger partial charge >= 0.3 is 6.03 Å². The molecule has 3 aromatic carbocycles. The Kier molecular flexibility index (Phi) is 9.29. The Bertz CT molecular complexity index is 1430. The molecule has 0 atom stereocenters. The number of nitrogens with zero attached hydrogens (tertiary/aromatic N) is 3. The number of nitrogens with one attached hydrogen (secondary N) is 2. The lowest BCUT2D eigenvalue weighted by Crippen LogP contribution is -2.41. The van der Waals surface area contributed by atoms with Crippen molar-refractivity contribution in [3.05, 3.63) is 93.9 Å². The molecule has 3 amide bonds. The molecule has 0 bridgehead atoms. The van der Waals surface area contributed by atoms with Gasteiger partial charge in [0.15, 0.2) is 0 Å². The first-order valence-electron chi connectivity index (χ1n) is 12.1. The van der Waals surface area contributed by atoms with Crippen LogP contribution < -0.4 is 10.6 Å². The van der Waals surface area contributed by atoms with E-state index in [1.54, 1.807) is 53.2 Å². The van der Waals surface area contributed by atoms with E-state index in [0.29, 0.717) is 44.5 Å². The number of carbonyl (C=O) groups is 2. The van der Waals surface area contributed by atoms with Crippen LogP contribution in [0.4, 0.5) is 16.3 Å². The number of unbranched alkanes of at least 4 members (excludes halogenated alkanes) is 1. The summed E-state index contributed by atoms with van der Waals surface area (Å²) in [6.07, 6.45) is 1.61. The quantitative estimate of drug-likeness (QED) is 0.216. The molecule has 2 N–H and O–H groups in total. The van der Waals surface area contributed by atoms with E-state index in [-0.39, 0.29) is 18.5 Å². The largest absolute Gasteiger partial charge is 0.322 e. The summed E-state index contributed by atoms with van der Waals surface area (Å²) in [6.45, 7) is 2.28. The minimum atomic E-state index is -0.390. The molecule has 0 fully saturated rings. The van der Waals surface area contributed by atoms with Crippen LogP contribution in [0.25, 0.3) is 16.9 Å². The van der Waals surface area contributed by atoms with E-state index < -0.39 is 0 Å². The smallest absolute Gasteiger partial charge is 0.315 e. The molecule has 0 aliphatic carbocycles. The summed E-state index contributed by atoms with van der Waals surface area (Å²) in [7, 11) is 0. The van der Waals surface area contributed by atoms with Crippen LogP contribution in [0.3, 0.4) is 0 Å². The van der Waals surface area contributed by atoms with Gasteiger partial charge in [0.2, 0.25) is 5.91 Å². The van der Waals surface area contributed by atoms with Crippen LogP contribution >= 0.6 is 34.8 Å². The second-order valence-electron chi connectivity index (χ2n) is 8.55. The van der Waals surface area contributed by atoms with Crippen LogP contribution in [0.1, 0.15) is 19.8 Å². The van der Waals surface area contributed by atoms with Crippen molar-refractivity contribution in [2.75, 3.05) is 23.7 Å². The molecule has 38 heavy (non-hydrogen) atoms. The third-order valence-corrected chi connectivity index (χ3v) is 6.65. The van der Waals surface area contributed by atoms with Crippen LogP contribution in [0.2, 0.25) is 15.1 Å². The van der Waals surface area contributed by atoms with E-state index in [1.165, 1.54) is 4.90 Å². The zero-order valence-electron chi connectivity index (χ0n) is 20.6. The van der Waals surface area contributed by atoms with E-state index in [2.05, 4.69) is 10.6 Å². The highest BCUT2D eigenvalue weighted by atomic mass is 35.5. The Morgan fingerprint density at radius 2 is 1.68 bits per heavy atom. The van der Waals surface area contributed by atoms with Crippen molar-refractivity contribution in [3.63, 3.8) is 0 Å². The first-order valence-corrected chi connectivity index (χ1v) is 13.2. The number of urea groups is 1. The lowest BCUT2D eigenvalue weighted by atomic mass is 10.1. The third kappa shape index (κ3) is 7.07. The van der Waals surface area contributed by atoms with E-state index in [4.69, 9.17) is 39.9 Å². The summed E-state index contributed by atoms with van der Waals surface area (Å²) in [5.74, 6) is 0.0566. The van der Waals surface area contributed by atoms with Crippen molar-refractivity contribution in [2.45, 2.75) is 19.8 Å². The molecule has 0 aliphatic heterocycles. The number of aromatic nitrogens is 2. The van der Waals surface area contributed by atoms with Crippen LogP contribution in [-0.4, -0.2) is 39.7 Å². The number of hydrogen-bond acceptors (Lipinski definition) is 3. The maximum absolute atomic E-state index is 13.2. The standard InChI is InChI=1S/C28H26Cl3N5O2/c1-2-3-14-35(28(38)32-21-11-7-10-20(29)15-21)18-27(37)33-26-17-25(19-8-5-4-6-9-19)34-36(26)22-12-13-23(30)24(31)16-22/h4-13,15-17H,2-3,14,18H2,1H3,(H,32,38)(H,33,37). The molecule has 0 saturated carbocycles. The number of halogens is 3. The second-order valence-corrected chi connectivity index (χ2v) is 9.81. The van der Waals surface area contributed by atoms with Gasteiger partial charge in [-0.1, -0.05) is 84.5 Å². The van der Waals surface area contributed by atoms with E-state index >= 15 is 0 Å². The minimum absolute atomic E-state index is 0.153. The number of hydrogen-bond donors (Lipinski definition) is 2. The lowest BCUT2D eigenvalue weighted by Gasteiger charge is -2.22. The number of amides is 3. The van der Waals surface area contributed by atoms with Gasteiger partial charge in [0.1, 0.15) is 12.4 Å². The third-order valence-electron chi connectivity index (χ3n) is 5.67. The number of benzene rings is 3. The molecule has 0 aliphatic rings. The molecule has 4 rings (SSSR count). The molecular weight excluding hydrogens is 545 g/mol. The predicted octanol–water partition coefficient (Wildman–Crippen LogP) is 7.77. The zero-order valence-corrected chi connectivity index (χ0v) is 22.9. The Morgan fingerprint density at radius 1 is 0.895 bits per heavy atom.